The molecule has 0 saturated carbocycles. The molecule has 0 bridgehead atoms. The predicted octanol–water partition coefficient (Wildman–Crippen LogP) is 1.53. The molecule has 1 aromatic carbocycles. The molecule has 1 aromatic rings. The molecule has 0 aliphatic heterocycles. The Kier molecular flexibility index (Phi) is 4.15. The van der Waals surface area contributed by atoms with E-state index in [0.717, 1.165) is 4.31 Å². The Morgan fingerprint density at radius 2 is 1.94 bits per heavy atom. The Labute approximate surface area is 107 Å². The molecule has 0 spiro atoms. The van der Waals surface area contributed by atoms with E-state index in [9.17, 15) is 17.9 Å². The smallest absolute Gasteiger partial charge is 0.245 e. The second-order valence-corrected chi connectivity index (χ2v) is 7.02. The number of rotatable bonds is 4. The molecule has 0 aliphatic rings. The molecule has 0 atom stereocenters. The minimum absolute atomic E-state index is 0.108. The molecule has 0 amide bonds. The number of halogens is 1. The quantitative estimate of drug-likeness (QED) is 0.906. The highest BCUT2D eigenvalue weighted by Crippen LogP contribution is 2.20. The van der Waals surface area contributed by atoms with Gasteiger partial charge in [0.15, 0.2) is 0 Å². The van der Waals surface area contributed by atoms with Gasteiger partial charge in [0.05, 0.1) is 5.60 Å². The van der Waals surface area contributed by atoms with Crippen molar-refractivity contribution in [3.8, 4) is 0 Å². The normalized spacial score (nSPS) is 13.1. The third-order valence-electron chi connectivity index (χ3n) is 2.39. The Morgan fingerprint density at radius 3 is 2.39 bits per heavy atom. The fourth-order valence-electron chi connectivity index (χ4n) is 1.61. The third-order valence-corrected chi connectivity index (χ3v) is 4.22. The molecular weight excluding hydrogens is 257 g/mol. The number of sulfonamides is 1. The van der Waals surface area contributed by atoms with Crippen molar-refractivity contribution in [2.24, 2.45) is 0 Å². The van der Waals surface area contributed by atoms with Gasteiger partial charge in [-0.2, -0.15) is 4.31 Å². The van der Waals surface area contributed by atoms with E-state index in [1.165, 1.54) is 39.1 Å². The zero-order chi connectivity index (χ0) is 14.1. The summed E-state index contributed by atoms with van der Waals surface area (Å²) in [6, 6.07) is 3.94. The van der Waals surface area contributed by atoms with Crippen LogP contribution in [-0.2, 0) is 10.0 Å². The predicted molar refractivity (Wildman–Crippen MR) is 67.3 cm³/mol. The van der Waals surface area contributed by atoms with Crippen LogP contribution in [0.4, 0.5) is 4.39 Å². The summed E-state index contributed by atoms with van der Waals surface area (Å²) in [6.07, 6.45) is 0. The van der Waals surface area contributed by atoms with Crippen LogP contribution in [0.1, 0.15) is 19.4 Å². The lowest BCUT2D eigenvalue weighted by molar-refractivity contribution is 0.0639. The molecule has 18 heavy (non-hydrogen) atoms. The molecule has 0 unspecified atom stereocenters. The molecule has 0 saturated heterocycles. The van der Waals surface area contributed by atoms with Crippen LogP contribution in [0.25, 0.3) is 0 Å². The first-order valence-electron chi connectivity index (χ1n) is 5.49. The fraction of sp³-hybridized carbons (Fsp3) is 0.500. The van der Waals surface area contributed by atoms with E-state index >= 15 is 0 Å². The van der Waals surface area contributed by atoms with Gasteiger partial charge in [-0.25, -0.2) is 12.8 Å². The van der Waals surface area contributed by atoms with Crippen LogP contribution < -0.4 is 0 Å². The first kappa shape index (κ1) is 15.1. The van der Waals surface area contributed by atoms with Crippen molar-refractivity contribution >= 4 is 10.0 Å². The number of aliphatic hydroxyl groups is 1. The average Bonchev–Trinajstić information content (AvgIpc) is 2.13. The van der Waals surface area contributed by atoms with Gasteiger partial charge in [-0.05, 0) is 38.5 Å². The van der Waals surface area contributed by atoms with Gasteiger partial charge in [-0.3, -0.25) is 0 Å². The standard InChI is InChI=1S/C12H18FNO3S/c1-9-5-6-11(10(13)7-9)18(16,17)14(4)8-12(2,3)15/h5-7,15H,8H2,1-4H3. The molecular formula is C12H18FNO3S. The van der Waals surface area contributed by atoms with Crippen molar-refractivity contribution in [1.82, 2.24) is 4.31 Å². The minimum atomic E-state index is -3.92. The van der Waals surface area contributed by atoms with Crippen LogP contribution in [0.2, 0.25) is 0 Å². The first-order chi connectivity index (χ1) is 8.04. The number of hydrogen-bond donors (Lipinski definition) is 1. The SMILES string of the molecule is Cc1ccc(S(=O)(=O)N(C)CC(C)(C)O)c(F)c1. The summed E-state index contributed by atoms with van der Waals surface area (Å²) in [5.41, 5.74) is -0.528. The number of likely N-dealkylation sites (N-methyl/N-ethyl adjacent to an activating group) is 1. The maximum atomic E-state index is 13.7. The summed E-state index contributed by atoms with van der Waals surface area (Å²) in [5, 5.41) is 9.61. The van der Waals surface area contributed by atoms with Crippen molar-refractivity contribution < 1.29 is 17.9 Å². The number of nitrogens with zero attached hydrogens (tertiary/aromatic N) is 1. The largest absolute Gasteiger partial charge is 0.389 e. The Morgan fingerprint density at radius 1 is 1.39 bits per heavy atom. The topological polar surface area (TPSA) is 57.6 Å². The van der Waals surface area contributed by atoms with Crippen molar-refractivity contribution in [3.63, 3.8) is 0 Å². The maximum Gasteiger partial charge on any atom is 0.245 e. The highest BCUT2D eigenvalue weighted by atomic mass is 32.2. The van der Waals surface area contributed by atoms with Gasteiger partial charge in [-0.1, -0.05) is 6.07 Å². The second-order valence-electron chi connectivity index (χ2n) is 5.01. The summed E-state index contributed by atoms with van der Waals surface area (Å²) < 4.78 is 38.8. The lowest BCUT2D eigenvalue weighted by Crippen LogP contribution is -2.39. The van der Waals surface area contributed by atoms with E-state index in [-0.39, 0.29) is 11.4 Å². The minimum Gasteiger partial charge on any atom is -0.389 e. The lowest BCUT2D eigenvalue weighted by atomic mass is 10.1. The van der Waals surface area contributed by atoms with Gasteiger partial charge >= 0.3 is 0 Å². The first-order valence-corrected chi connectivity index (χ1v) is 6.93. The van der Waals surface area contributed by atoms with Crippen LogP contribution in [0.15, 0.2) is 23.1 Å². The molecule has 0 aliphatic carbocycles. The van der Waals surface area contributed by atoms with E-state index in [1.807, 2.05) is 0 Å². The number of aryl methyl sites for hydroxylation is 1. The molecule has 6 heteroatoms. The van der Waals surface area contributed by atoms with Gasteiger partial charge < -0.3 is 5.11 Å². The maximum absolute atomic E-state index is 13.7. The summed E-state index contributed by atoms with van der Waals surface area (Å²) >= 11 is 0. The van der Waals surface area contributed by atoms with E-state index in [2.05, 4.69) is 0 Å². The zero-order valence-electron chi connectivity index (χ0n) is 10.9. The van der Waals surface area contributed by atoms with Gasteiger partial charge in [0.25, 0.3) is 0 Å². The molecule has 102 valence electrons. The van der Waals surface area contributed by atoms with Crippen LogP contribution >= 0.6 is 0 Å². The second kappa shape index (κ2) is 4.95. The Hall–Kier alpha value is -0.980. The summed E-state index contributed by atoms with van der Waals surface area (Å²) in [7, 11) is -2.61. The van der Waals surface area contributed by atoms with Gasteiger partial charge in [0.2, 0.25) is 10.0 Å². The molecule has 4 nitrogen and oxygen atoms in total. The summed E-state index contributed by atoms with van der Waals surface area (Å²) in [5.74, 6) is -0.780. The summed E-state index contributed by atoms with van der Waals surface area (Å²) in [4.78, 5) is -0.375. The monoisotopic (exact) mass is 275 g/mol. The van der Waals surface area contributed by atoms with Gasteiger partial charge in [-0.15, -0.1) is 0 Å². The molecule has 1 N–H and O–H groups in total. The van der Waals surface area contributed by atoms with Crippen molar-refractivity contribution in [2.75, 3.05) is 13.6 Å². The van der Waals surface area contributed by atoms with Crippen LogP contribution in [0, 0.1) is 12.7 Å². The van der Waals surface area contributed by atoms with E-state index in [1.54, 1.807) is 6.92 Å². The number of hydrogen-bond acceptors (Lipinski definition) is 3. The Balaban J connectivity index is 3.14. The average molecular weight is 275 g/mol. The zero-order valence-corrected chi connectivity index (χ0v) is 11.8. The lowest BCUT2D eigenvalue weighted by Gasteiger charge is -2.25. The number of benzene rings is 1. The van der Waals surface area contributed by atoms with Crippen LogP contribution in [-0.4, -0.2) is 37.0 Å². The van der Waals surface area contributed by atoms with Crippen LogP contribution in [0.5, 0.6) is 0 Å². The molecule has 0 aromatic heterocycles. The third kappa shape index (κ3) is 3.51. The van der Waals surface area contributed by atoms with Crippen molar-refractivity contribution in [2.45, 2.75) is 31.3 Å². The fourth-order valence-corrected chi connectivity index (χ4v) is 2.98. The molecule has 0 fully saturated rings. The van der Waals surface area contributed by atoms with E-state index in [0.29, 0.717) is 5.56 Å². The highest BCUT2D eigenvalue weighted by molar-refractivity contribution is 7.89. The Bertz CT molecular complexity index is 535. The van der Waals surface area contributed by atoms with Crippen molar-refractivity contribution in [1.29, 1.82) is 0 Å². The van der Waals surface area contributed by atoms with Crippen molar-refractivity contribution in [3.05, 3.63) is 29.6 Å². The highest BCUT2D eigenvalue weighted by Gasteiger charge is 2.28. The van der Waals surface area contributed by atoms with E-state index < -0.39 is 21.4 Å². The molecule has 0 heterocycles. The summed E-state index contributed by atoms with van der Waals surface area (Å²) in [6.45, 7) is 4.55. The molecule has 1 rings (SSSR count). The van der Waals surface area contributed by atoms with Gasteiger partial charge in [0, 0.05) is 13.6 Å². The van der Waals surface area contributed by atoms with Crippen LogP contribution in [0.3, 0.4) is 0 Å². The molecule has 0 radical (unpaired) electrons. The van der Waals surface area contributed by atoms with Gasteiger partial charge in [0.1, 0.15) is 10.7 Å². The van der Waals surface area contributed by atoms with E-state index in [4.69, 9.17) is 0 Å².